The number of aryl methyl sites for hydroxylation is 2. The molecule has 0 bridgehead atoms. The average molecular weight is 953 g/mol. The van der Waals surface area contributed by atoms with Gasteiger partial charge in [-0.1, -0.05) is 56.5 Å². The van der Waals surface area contributed by atoms with Crippen molar-refractivity contribution in [1.29, 1.82) is 0 Å². The smallest absolute Gasteiger partial charge is 0.344 e. The lowest BCUT2D eigenvalue weighted by molar-refractivity contribution is -0.193. The average Bonchev–Trinajstić information content (AvgIpc) is 3.45. The second-order valence-electron chi connectivity index (χ2n) is 14.5. The summed E-state index contributed by atoms with van der Waals surface area (Å²) >= 11 is 11.8. The molecule has 2 atom stereocenters. The Morgan fingerprint density at radius 3 is 2.18 bits per heavy atom. The highest BCUT2D eigenvalue weighted by Gasteiger charge is 2.41. The largest absolute Gasteiger partial charge is 0.778 e. The van der Waals surface area contributed by atoms with Gasteiger partial charge in [0.25, 0.3) is 11.8 Å². The number of amides is 3. The summed E-state index contributed by atoms with van der Waals surface area (Å²) in [7, 11) is -2.07. The maximum atomic E-state index is 14.5. The number of unbranched alkanes of at least 4 members (excludes halogenated alkanes) is 2. The molecule has 62 heavy (non-hydrogen) atoms. The molecule has 2 aromatic rings. The van der Waals surface area contributed by atoms with Crippen LogP contribution in [-0.2, 0) is 55.3 Å². The minimum atomic E-state index is -4.35. The third-order valence-electron chi connectivity index (χ3n) is 8.75. The number of carbonyl (C=O) groups is 5. The number of carbonyl (C=O) groups excluding carboxylic acids is 4. The summed E-state index contributed by atoms with van der Waals surface area (Å²) in [6.45, 7) is 8.01. The van der Waals surface area contributed by atoms with Crippen molar-refractivity contribution in [1.82, 2.24) is 5.32 Å². The summed E-state index contributed by atoms with van der Waals surface area (Å²) in [5.41, 5.74) is 3.88. The van der Waals surface area contributed by atoms with Crippen LogP contribution in [0.25, 0.3) is 0 Å². The molecule has 2 aromatic carbocycles. The number of nitrogens with zero attached hydrogens (tertiary/aromatic N) is 2. The van der Waals surface area contributed by atoms with Gasteiger partial charge in [-0.3, -0.25) is 24.5 Å². The van der Waals surface area contributed by atoms with E-state index in [9.17, 15) is 37.8 Å². The summed E-state index contributed by atoms with van der Waals surface area (Å²) in [4.78, 5) is 79.7. The number of hydrogen-bond donors (Lipinski definition) is 3. The van der Waals surface area contributed by atoms with Crippen LogP contribution in [0.4, 0.5) is 15.8 Å². The highest BCUT2D eigenvalue weighted by Crippen LogP contribution is 2.39. The molecule has 3 amide bonds. The zero-order valence-electron chi connectivity index (χ0n) is 36.7. The Morgan fingerprint density at radius 2 is 1.68 bits per heavy atom. The third-order valence-corrected chi connectivity index (χ3v) is 9.90. The number of alkyl halides is 1. The van der Waals surface area contributed by atoms with E-state index in [1.165, 1.54) is 6.07 Å². The number of nitrogens with one attached hydrogen (secondary N) is 1. The quantitative estimate of drug-likeness (QED) is 0.0382. The number of anilines is 2. The van der Waals surface area contributed by atoms with E-state index >= 15 is 0 Å². The number of imide groups is 1. The molecule has 1 aliphatic heterocycles. The molecule has 0 radical (unpaired) electrons. The SMILES string of the molecule is CCCCCOC(=O)COc1cc(N2C(=O)C3=C(CCCC3)C2=O)c(F)cc1Cl.CCc1cccc(C)c1N(C(=O)CCl)C(C)COC.C[S+](C)C.O=C(O)CNCP(=O)([O-])O. The van der Waals surface area contributed by atoms with Crippen molar-refractivity contribution in [2.24, 2.45) is 0 Å². The van der Waals surface area contributed by atoms with Gasteiger partial charge >= 0.3 is 11.9 Å². The molecule has 2 aliphatic rings. The molecule has 0 fully saturated rings. The van der Waals surface area contributed by atoms with Gasteiger partial charge < -0.3 is 38.6 Å². The second-order valence-corrected chi connectivity index (χ2v) is 19.3. The fraction of sp³-hybridized carbons (Fsp3) is 0.548. The van der Waals surface area contributed by atoms with E-state index in [4.69, 9.17) is 47.4 Å². The van der Waals surface area contributed by atoms with Crippen molar-refractivity contribution < 1.29 is 62.0 Å². The van der Waals surface area contributed by atoms with E-state index in [1.807, 2.05) is 38.2 Å². The van der Waals surface area contributed by atoms with Crippen LogP contribution < -0.4 is 24.7 Å². The molecule has 0 aromatic heterocycles. The monoisotopic (exact) mass is 951 g/mol. The first kappa shape index (κ1) is 56.5. The topological polar surface area (TPSA) is 212 Å². The number of para-hydroxylation sites is 1. The summed E-state index contributed by atoms with van der Waals surface area (Å²) in [6, 6.07) is 8.19. The van der Waals surface area contributed by atoms with Gasteiger partial charge in [0.15, 0.2) is 6.61 Å². The van der Waals surface area contributed by atoms with Crippen LogP contribution in [-0.4, -0.2) is 110 Å². The van der Waals surface area contributed by atoms with Crippen molar-refractivity contribution in [2.45, 2.75) is 85.1 Å². The Bertz CT molecular complexity index is 1870. The molecule has 4 rings (SSSR count). The van der Waals surface area contributed by atoms with Gasteiger partial charge in [-0.05, 0) is 80.5 Å². The Kier molecular flexibility index (Phi) is 26.4. The highest BCUT2D eigenvalue weighted by atomic mass is 35.5. The van der Waals surface area contributed by atoms with Crippen molar-refractivity contribution in [3.05, 3.63) is 63.4 Å². The van der Waals surface area contributed by atoms with Crippen LogP contribution in [0.2, 0.25) is 5.02 Å². The van der Waals surface area contributed by atoms with Crippen molar-refractivity contribution >= 4 is 82.7 Å². The standard InChI is InChI=1S/C21H23ClFNO5.C15H22ClNO2.C3H8NO5P.C3H9S/c1-2-3-6-9-28-19(25)12-29-18-11-17(16(23)10-15(18)22)24-20(26)13-7-4-5-8-14(13)21(24)27;1-5-13-8-6-7-11(2)15(13)17(14(18)9-16)12(3)10-19-4;5-3(6)1-4-2-10(7,8)9;1-4(2)3/h10-11H,2-9,12H2,1H3;6-8,12H,5,9-10H2,1-4H3;4H,1-2H2,(H,5,6)(H2,7,8,9);1-3H3/q;;;+1/p-1. The van der Waals surface area contributed by atoms with E-state index in [-0.39, 0.29) is 34.3 Å². The number of aliphatic carboxylic acids is 1. The van der Waals surface area contributed by atoms with Gasteiger partial charge in [-0.2, -0.15) is 0 Å². The lowest BCUT2D eigenvalue weighted by atomic mass is 9.93. The minimum absolute atomic E-state index is 0.000883. The molecule has 0 saturated carbocycles. The molecule has 0 spiro atoms. The molecular formula is C42H61Cl2FN3O12PS. The fourth-order valence-electron chi connectivity index (χ4n) is 6.10. The first-order chi connectivity index (χ1) is 29.1. The maximum absolute atomic E-state index is 14.5. The Balaban J connectivity index is 0.000000498. The summed E-state index contributed by atoms with van der Waals surface area (Å²) in [6.07, 6.45) is 12.2. The van der Waals surface area contributed by atoms with Crippen molar-refractivity contribution in [3.8, 4) is 5.75 Å². The summed E-state index contributed by atoms with van der Waals surface area (Å²) in [5, 5.41) is 9.91. The maximum Gasteiger partial charge on any atom is 0.344 e. The Morgan fingerprint density at radius 1 is 1.08 bits per heavy atom. The first-order valence-corrected chi connectivity index (χ1v) is 25.1. The van der Waals surface area contributed by atoms with Gasteiger partial charge in [-0.25, -0.2) is 14.1 Å². The number of halogens is 3. The van der Waals surface area contributed by atoms with Crippen LogP contribution in [0.3, 0.4) is 0 Å². The molecule has 0 saturated heterocycles. The third kappa shape index (κ3) is 19.5. The van der Waals surface area contributed by atoms with Gasteiger partial charge in [-0.15, -0.1) is 11.6 Å². The number of methoxy groups -OCH3 is 1. The van der Waals surface area contributed by atoms with Gasteiger partial charge in [0.05, 0.1) is 67.3 Å². The van der Waals surface area contributed by atoms with Crippen LogP contribution >= 0.6 is 30.8 Å². The van der Waals surface area contributed by atoms with Crippen LogP contribution in [0, 0.1) is 12.7 Å². The molecule has 1 aliphatic carbocycles. The molecule has 3 N–H and O–H groups in total. The predicted molar refractivity (Wildman–Crippen MR) is 241 cm³/mol. The van der Waals surface area contributed by atoms with Crippen LogP contribution in [0.15, 0.2) is 41.5 Å². The van der Waals surface area contributed by atoms with Gasteiger partial charge in [0.2, 0.25) is 5.91 Å². The molecule has 1 heterocycles. The number of rotatable bonds is 18. The normalized spacial score (nSPS) is 14.6. The lowest BCUT2D eigenvalue weighted by Crippen LogP contribution is -2.43. The molecule has 2 unspecified atom stereocenters. The van der Waals surface area contributed by atoms with E-state index in [1.54, 1.807) is 12.0 Å². The molecule has 348 valence electrons. The van der Waals surface area contributed by atoms with Crippen molar-refractivity contribution in [3.63, 3.8) is 0 Å². The Labute approximate surface area is 377 Å². The molecule has 20 heteroatoms. The fourth-order valence-corrected chi connectivity index (χ4v) is 6.83. The van der Waals surface area contributed by atoms with E-state index in [0.717, 1.165) is 66.3 Å². The van der Waals surface area contributed by atoms with E-state index in [2.05, 4.69) is 31.8 Å². The second kappa shape index (κ2) is 29.0. The number of hydrogen-bond acceptors (Lipinski definition) is 11. The van der Waals surface area contributed by atoms with Crippen molar-refractivity contribution in [2.75, 3.05) is 74.2 Å². The predicted octanol–water partition coefficient (Wildman–Crippen LogP) is 6.16. The molecule has 15 nitrogen and oxygen atoms in total. The minimum Gasteiger partial charge on any atom is -0.778 e. The number of ether oxygens (including phenoxy) is 3. The summed E-state index contributed by atoms with van der Waals surface area (Å²) < 4.78 is 40.1. The van der Waals surface area contributed by atoms with Gasteiger partial charge in [0.1, 0.15) is 25.0 Å². The summed E-state index contributed by atoms with van der Waals surface area (Å²) in [5.74, 6) is -3.69. The molecular weight excluding hydrogens is 891 g/mol. The lowest BCUT2D eigenvalue weighted by Gasteiger charge is -2.31. The Hall–Kier alpha value is -3.54. The van der Waals surface area contributed by atoms with Gasteiger partial charge in [0, 0.05) is 24.3 Å². The van der Waals surface area contributed by atoms with Crippen LogP contribution in [0.5, 0.6) is 5.75 Å². The number of esters is 1. The van der Waals surface area contributed by atoms with E-state index in [0.29, 0.717) is 48.1 Å². The van der Waals surface area contributed by atoms with E-state index < -0.39 is 56.6 Å². The highest BCUT2D eigenvalue weighted by molar-refractivity contribution is 7.94. The zero-order chi connectivity index (χ0) is 47.2. The first-order valence-electron chi connectivity index (χ1n) is 19.9. The number of carboxylic acids is 1. The van der Waals surface area contributed by atoms with Crippen LogP contribution in [0.1, 0.15) is 76.8 Å². The zero-order valence-corrected chi connectivity index (χ0v) is 39.9. The number of carboxylic acid groups (broad SMARTS) is 1. The number of benzene rings is 2.